The Kier molecular flexibility index (Phi) is 7.05. The van der Waals surface area contributed by atoms with Gasteiger partial charge < -0.3 is 9.47 Å². The zero-order valence-corrected chi connectivity index (χ0v) is 16.8. The van der Waals surface area contributed by atoms with Gasteiger partial charge in [0.2, 0.25) is 15.0 Å². The van der Waals surface area contributed by atoms with Gasteiger partial charge in [-0.2, -0.15) is 4.72 Å². The molecule has 1 heterocycles. The summed E-state index contributed by atoms with van der Waals surface area (Å²) in [5, 5.41) is 1.73. The molecule has 0 aliphatic rings. The van der Waals surface area contributed by atoms with Gasteiger partial charge >= 0.3 is 11.9 Å². The number of rotatable bonds is 8. The lowest BCUT2D eigenvalue weighted by atomic mass is 10.1. The van der Waals surface area contributed by atoms with Crippen LogP contribution in [0, 0.1) is 13.8 Å². The van der Waals surface area contributed by atoms with Gasteiger partial charge in [-0.25, -0.2) is 18.2 Å². The maximum absolute atomic E-state index is 12.2. The predicted octanol–water partition coefficient (Wildman–Crippen LogP) is 1.96. The SMILES string of the molecule is CCOC(=O)c1nc(COC(=O)CNS(=O)(=O)c2ccc(C)c(C)c2)cs1. The fourth-order valence-corrected chi connectivity index (χ4v) is 3.73. The number of esters is 2. The van der Waals surface area contributed by atoms with Crippen molar-refractivity contribution in [2.24, 2.45) is 0 Å². The van der Waals surface area contributed by atoms with Crippen LogP contribution in [0.1, 0.15) is 33.5 Å². The number of aryl methyl sites for hydroxylation is 2. The molecule has 0 radical (unpaired) electrons. The third-order valence-corrected chi connectivity index (χ3v) is 5.85. The summed E-state index contributed by atoms with van der Waals surface area (Å²) < 4.78 is 36.5. The van der Waals surface area contributed by atoms with Crippen LogP contribution in [0.5, 0.6) is 0 Å². The number of benzene rings is 1. The van der Waals surface area contributed by atoms with Crippen molar-refractivity contribution in [2.45, 2.75) is 32.3 Å². The van der Waals surface area contributed by atoms with Gasteiger partial charge in [-0.3, -0.25) is 4.79 Å². The summed E-state index contributed by atoms with van der Waals surface area (Å²) in [4.78, 5) is 27.4. The first-order chi connectivity index (χ1) is 12.7. The van der Waals surface area contributed by atoms with Crippen molar-refractivity contribution in [1.82, 2.24) is 9.71 Å². The highest BCUT2D eigenvalue weighted by Crippen LogP contribution is 2.15. The summed E-state index contributed by atoms with van der Waals surface area (Å²) in [7, 11) is -3.82. The molecule has 0 aliphatic carbocycles. The minimum atomic E-state index is -3.82. The average Bonchev–Trinajstić information content (AvgIpc) is 3.10. The van der Waals surface area contributed by atoms with Gasteiger partial charge in [0.15, 0.2) is 0 Å². The van der Waals surface area contributed by atoms with Crippen molar-refractivity contribution in [2.75, 3.05) is 13.2 Å². The second-order valence-corrected chi connectivity index (χ2v) is 8.22. The highest BCUT2D eigenvalue weighted by atomic mass is 32.2. The number of thiazole rings is 1. The molecule has 0 spiro atoms. The molecule has 0 aliphatic heterocycles. The Morgan fingerprint density at radius 2 is 1.93 bits per heavy atom. The number of nitrogens with one attached hydrogen (secondary N) is 1. The van der Waals surface area contributed by atoms with Gasteiger partial charge in [0.05, 0.1) is 17.2 Å². The van der Waals surface area contributed by atoms with E-state index in [1.807, 2.05) is 6.92 Å². The lowest BCUT2D eigenvalue weighted by molar-refractivity contribution is -0.143. The molecule has 1 aromatic heterocycles. The first kappa shape index (κ1) is 21.0. The molecule has 0 fully saturated rings. The van der Waals surface area contributed by atoms with E-state index in [9.17, 15) is 18.0 Å². The Morgan fingerprint density at radius 3 is 2.59 bits per heavy atom. The number of carbonyl (C=O) groups excluding carboxylic acids is 2. The molecule has 10 heteroatoms. The highest BCUT2D eigenvalue weighted by Gasteiger charge is 2.17. The van der Waals surface area contributed by atoms with Crippen LogP contribution in [0.2, 0.25) is 0 Å². The summed E-state index contributed by atoms with van der Waals surface area (Å²) in [5.41, 5.74) is 2.19. The number of ether oxygens (including phenoxy) is 2. The molecule has 2 aromatic rings. The third kappa shape index (κ3) is 5.84. The van der Waals surface area contributed by atoms with E-state index in [4.69, 9.17) is 9.47 Å². The van der Waals surface area contributed by atoms with Crippen LogP contribution in [-0.4, -0.2) is 38.5 Å². The molecule has 0 bridgehead atoms. The van der Waals surface area contributed by atoms with Crippen LogP contribution in [0.3, 0.4) is 0 Å². The number of sulfonamides is 1. The Balaban J connectivity index is 1.87. The molecule has 0 saturated heterocycles. The van der Waals surface area contributed by atoms with Crippen LogP contribution in [-0.2, 0) is 30.9 Å². The van der Waals surface area contributed by atoms with Crippen molar-refractivity contribution in [3.8, 4) is 0 Å². The maximum atomic E-state index is 12.2. The second-order valence-electron chi connectivity index (χ2n) is 5.60. The van der Waals surface area contributed by atoms with E-state index < -0.39 is 28.5 Å². The Hall–Kier alpha value is -2.30. The number of aromatic nitrogens is 1. The molecular weight excluding hydrogens is 392 g/mol. The summed E-state index contributed by atoms with van der Waals surface area (Å²) in [6.07, 6.45) is 0. The largest absolute Gasteiger partial charge is 0.461 e. The topological polar surface area (TPSA) is 112 Å². The number of carbonyl (C=O) groups is 2. The van der Waals surface area contributed by atoms with E-state index in [1.165, 1.54) is 12.1 Å². The molecule has 0 atom stereocenters. The van der Waals surface area contributed by atoms with Gasteiger partial charge in [-0.15, -0.1) is 11.3 Å². The summed E-state index contributed by atoms with van der Waals surface area (Å²) in [6, 6.07) is 4.71. The normalized spacial score (nSPS) is 11.2. The third-order valence-electron chi connectivity index (χ3n) is 3.58. The smallest absolute Gasteiger partial charge is 0.367 e. The molecule has 146 valence electrons. The van der Waals surface area contributed by atoms with Crippen molar-refractivity contribution < 1.29 is 27.5 Å². The summed E-state index contributed by atoms with van der Waals surface area (Å²) >= 11 is 1.08. The van der Waals surface area contributed by atoms with E-state index in [1.54, 1.807) is 25.3 Å². The first-order valence-electron chi connectivity index (χ1n) is 8.07. The molecule has 1 aromatic carbocycles. The maximum Gasteiger partial charge on any atom is 0.367 e. The average molecular weight is 412 g/mol. The zero-order valence-electron chi connectivity index (χ0n) is 15.1. The number of nitrogens with zero attached hydrogens (tertiary/aromatic N) is 1. The standard InChI is InChI=1S/C17H20N2O6S2/c1-4-24-17(21)16-19-13(10-26-16)9-25-15(20)8-18-27(22,23)14-6-5-11(2)12(3)7-14/h5-7,10,18H,4,8-9H2,1-3H3. The monoisotopic (exact) mass is 412 g/mol. The molecule has 0 amide bonds. The van der Waals surface area contributed by atoms with Crippen molar-refractivity contribution in [3.05, 3.63) is 45.4 Å². The number of hydrogen-bond donors (Lipinski definition) is 1. The summed E-state index contributed by atoms with van der Waals surface area (Å²) in [5.74, 6) is -1.30. The predicted molar refractivity (Wildman–Crippen MR) is 99.0 cm³/mol. The van der Waals surface area contributed by atoms with Crippen LogP contribution in [0.25, 0.3) is 0 Å². The zero-order chi connectivity index (χ0) is 20.0. The first-order valence-corrected chi connectivity index (χ1v) is 10.4. The van der Waals surface area contributed by atoms with Gasteiger partial charge in [0.25, 0.3) is 0 Å². The Labute approximate surface area is 161 Å². The fraction of sp³-hybridized carbons (Fsp3) is 0.353. The van der Waals surface area contributed by atoms with Gasteiger partial charge in [-0.1, -0.05) is 6.07 Å². The quantitative estimate of drug-likeness (QED) is 0.660. The summed E-state index contributed by atoms with van der Waals surface area (Å²) in [6.45, 7) is 4.93. The lowest BCUT2D eigenvalue weighted by Crippen LogP contribution is -2.30. The highest BCUT2D eigenvalue weighted by molar-refractivity contribution is 7.89. The van der Waals surface area contributed by atoms with E-state index in [0.29, 0.717) is 5.69 Å². The van der Waals surface area contributed by atoms with Crippen molar-refractivity contribution in [3.63, 3.8) is 0 Å². The number of hydrogen-bond acceptors (Lipinski definition) is 8. The van der Waals surface area contributed by atoms with Gasteiger partial charge in [-0.05, 0) is 44.0 Å². The van der Waals surface area contributed by atoms with Crippen LogP contribution < -0.4 is 4.72 Å². The molecule has 0 saturated carbocycles. The van der Waals surface area contributed by atoms with Gasteiger partial charge in [0.1, 0.15) is 13.2 Å². The van der Waals surface area contributed by atoms with E-state index in [0.717, 1.165) is 22.5 Å². The molecule has 27 heavy (non-hydrogen) atoms. The van der Waals surface area contributed by atoms with Crippen LogP contribution >= 0.6 is 11.3 Å². The molecule has 0 unspecified atom stereocenters. The molecule has 1 N–H and O–H groups in total. The fourth-order valence-electron chi connectivity index (χ4n) is 1.98. The van der Waals surface area contributed by atoms with E-state index in [2.05, 4.69) is 9.71 Å². The van der Waals surface area contributed by atoms with Crippen LogP contribution in [0.15, 0.2) is 28.5 Å². The van der Waals surface area contributed by atoms with Crippen LogP contribution in [0.4, 0.5) is 0 Å². The van der Waals surface area contributed by atoms with E-state index in [-0.39, 0.29) is 23.1 Å². The lowest BCUT2D eigenvalue weighted by Gasteiger charge is -2.08. The Morgan fingerprint density at radius 1 is 1.19 bits per heavy atom. The minimum absolute atomic E-state index is 0.0805. The molecule has 8 nitrogen and oxygen atoms in total. The molecular formula is C17H20N2O6S2. The minimum Gasteiger partial charge on any atom is -0.461 e. The van der Waals surface area contributed by atoms with Gasteiger partial charge in [0, 0.05) is 5.38 Å². The Bertz CT molecular complexity index is 937. The van der Waals surface area contributed by atoms with E-state index >= 15 is 0 Å². The van der Waals surface area contributed by atoms with Crippen molar-refractivity contribution >= 4 is 33.3 Å². The second kappa shape index (κ2) is 9.07. The van der Waals surface area contributed by atoms with Crippen molar-refractivity contribution in [1.29, 1.82) is 0 Å². The molecule has 2 rings (SSSR count).